The largest absolute Gasteiger partial charge is 0.490 e. The highest BCUT2D eigenvalue weighted by Crippen LogP contribution is 2.28. The normalized spacial score (nSPS) is 13.5. The van der Waals surface area contributed by atoms with Crippen molar-refractivity contribution in [2.24, 2.45) is 7.05 Å². The van der Waals surface area contributed by atoms with E-state index in [1.807, 2.05) is 42.5 Å². The van der Waals surface area contributed by atoms with Crippen molar-refractivity contribution in [2.75, 3.05) is 6.61 Å². The van der Waals surface area contributed by atoms with Gasteiger partial charge >= 0.3 is 5.69 Å². The molecule has 2 N–H and O–H groups in total. The van der Waals surface area contributed by atoms with E-state index < -0.39 is 17.4 Å². The van der Waals surface area contributed by atoms with Crippen LogP contribution in [0.15, 0.2) is 57.2 Å². The molecule has 0 aliphatic carbocycles. The molecule has 2 aromatic heterocycles. The van der Waals surface area contributed by atoms with E-state index in [4.69, 9.17) is 4.74 Å². The maximum Gasteiger partial charge on any atom is 0.329 e. The second-order valence-electron chi connectivity index (χ2n) is 7.77. The van der Waals surface area contributed by atoms with Crippen LogP contribution < -0.4 is 16.0 Å². The van der Waals surface area contributed by atoms with E-state index >= 15 is 0 Å². The van der Waals surface area contributed by atoms with Crippen LogP contribution in [0.2, 0.25) is 0 Å². The second kappa shape index (κ2) is 9.22. The molecule has 0 radical (unpaired) electrons. The Bertz CT molecular complexity index is 1370. The van der Waals surface area contributed by atoms with Crippen LogP contribution in [0.5, 0.6) is 5.75 Å². The van der Waals surface area contributed by atoms with Crippen LogP contribution in [-0.4, -0.2) is 42.2 Å². The van der Waals surface area contributed by atoms with Crippen LogP contribution in [0, 0.1) is 0 Å². The number of rotatable bonds is 8. The molecule has 0 aliphatic heterocycles. The molecule has 0 amide bonds. The number of aliphatic hydroxyl groups excluding tert-OH is 1. The predicted octanol–water partition coefficient (Wildman–Crippen LogP) is 2.91. The molecule has 0 saturated carbocycles. The molecule has 2 atom stereocenters. The molecule has 2 aromatic carbocycles. The van der Waals surface area contributed by atoms with Crippen LogP contribution in [0.1, 0.15) is 20.3 Å². The van der Waals surface area contributed by atoms with Crippen molar-refractivity contribution in [1.29, 1.82) is 0 Å². The number of H-pyrrole nitrogens is 1. The maximum absolute atomic E-state index is 12.6. The first-order valence-electron chi connectivity index (χ1n) is 10.5. The van der Waals surface area contributed by atoms with Crippen molar-refractivity contribution >= 4 is 33.7 Å². The summed E-state index contributed by atoms with van der Waals surface area (Å²) in [6, 6.07) is 13.7. The summed E-state index contributed by atoms with van der Waals surface area (Å²) < 4.78 is 8.92. The number of hydrogen-bond acceptors (Lipinski definition) is 6. The van der Waals surface area contributed by atoms with Crippen molar-refractivity contribution in [1.82, 2.24) is 19.1 Å². The molecule has 2 heterocycles. The van der Waals surface area contributed by atoms with Gasteiger partial charge in [-0.15, -0.1) is 0 Å². The van der Waals surface area contributed by atoms with Gasteiger partial charge in [-0.3, -0.25) is 14.3 Å². The third-order valence-electron chi connectivity index (χ3n) is 5.43. The number of aliphatic hydroxyl groups is 1. The Morgan fingerprint density at radius 1 is 1.19 bits per heavy atom. The monoisotopic (exact) mass is 454 g/mol. The number of fused-ring (bicyclic) bond motifs is 2. The lowest BCUT2D eigenvalue weighted by Crippen LogP contribution is -2.30. The molecular weight excluding hydrogens is 428 g/mol. The van der Waals surface area contributed by atoms with Crippen molar-refractivity contribution in [3.8, 4) is 5.75 Å². The quantitative estimate of drug-likeness (QED) is 0.397. The predicted molar refractivity (Wildman–Crippen MR) is 127 cm³/mol. The Morgan fingerprint density at radius 3 is 2.72 bits per heavy atom. The highest BCUT2D eigenvalue weighted by atomic mass is 32.2. The number of nitrogens with zero attached hydrogens (tertiary/aromatic N) is 3. The van der Waals surface area contributed by atoms with Gasteiger partial charge in [0.25, 0.3) is 5.56 Å². The molecule has 8 nitrogen and oxygen atoms in total. The highest BCUT2D eigenvalue weighted by molar-refractivity contribution is 7.99. The maximum atomic E-state index is 12.6. The second-order valence-corrected chi connectivity index (χ2v) is 9.18. The summed E-state index contributed by atoms with van der Waals surface area (Å²) in [6.45, 7) is 4.30. The first-order valence-corrected chi connectivity index (χ1v) is 11.4. The smallest absolute Gasteiger partial charge is 0.329 e. The van der Waals surface area contributed by atoms with Gasteiger partial charge in [-0.25, -0.2) is 9.78 Å². The van der Waals surface area contributed by atoms with Gasteiger partial charge in [-0.05, 0) is 17.9 Å². The van der Waals surface area contributed by atoms with E-state index in [-0.39, 0.29) is 23.9 Å². The van der Waals surface area contributed by atoms with E-state index in [0.717, 1.165) is 17.2 Å². The van der Waals surface area contributed by atoms with Gasteiger partial charge in [0.2, 0.25) is 0 Å². The standard InChI is InChI=1S/C23H26N4O4S/c1-4-14(2)32-23-24-20-19(21(29)25-22(30)26(20)3)27(23)12-16(28)13-31-18-11-7-9-15-8-5-6-10-17(15)18/h5-11,14,16,28H,4,12-13H2,1-3H3,(H,25,29,30)/t14-,16-/m1/s1. The Labute approximate surface area is 188 Å². The molecule has 9 heteroatoms. The van der Waals surface area contributed by atoms with Crippen LogP contribution in [0.4, 0.5) is 0 Å². The summed E-state index contributed by atoms with van der Waals surface area (Å²) in [7, 11) is 1.57. The van der Waals surface area contributed by atoms with Crippen LogP contribution in [0.25, 0.3) is 21.9 Å². The van der Waals surface area contributed by atoms with Crippen molar-refractivity contribution in [3.05, 3.63) is 63.3 Å². The van der Waals surface area contributed by atoms with Crippen LogP contribution in [0.3, 0.4) is 0 Å². The number of thioether (sulfide) groups is 1. The SMILES string of the molecule is CC[C@@H](C)Sc1nc2c(c(=O)[nH]c(=O)n2C)n1C[C@@H](O)COc1cccc2ccccc12. The number of ether oxygens (including phenoxy) is 1. The molecule has 32 heavy (non-hydrogen) atoms. The zero-order chi connectivity index (χ0) is 22.8. The minimum Gasteiger partial charge on any atom is -0.490 e. The van der Waals surface area contributed by atoms with Gasteiger partial charge in [0.1, 0.15) is 18.5 Å². The summed E-state index contributed by atoms with van der Waals surface area (Å²) >= 11 is 1.51. The number of nitrogens with one attached hydrogen (secondary N) is 1. The third kappa shape index (κ3) is 4.31. The molecule has 4 aromatic rings. The Kier molecular flexibility index (Phi) is 6.38. The first kappa shape index (κ1) is 22.2. The number of imidazole rings is 1. The zero-order valence-electron chi connectivity index (χ0n) is 18.2. The van der Waals surface area contributed by atoms with Gasteiger partial charge in [0, 0.05) is 17.7 Å². The van der Waals surface area contributed by atoms with Crippen LogP contribution in [-0.2, 0) is 13.6 Å². The fraction of sp³-hybridized carbons (Fsp3) is 0.348. The summed E-state index contributed by atoms with van der Waals surface area (Å²) in [5.74, 6) is 0.687. The van der Waals surface area contributed by atoms with E-state index in [9.17, 15) is 14.7 Å². The molecule has 0 bridgehead atoms. The number of aromatic amines is 1. The lowest BCUT2D eigenvalue weighted by Gasteiger charge is -2.17. The molecule has 168 valence electrons. The minimum absolute atomic E-state index is 0.0464. The highest BCUT2D eigenvalue weighted by Gasteiger charge is 2.21. The Balaban J connectivity index is 1.63. The third-order valence-corrected chi connectivity index (χ3v) is 6.69. The lowest BCUT2D eigenvalue weighted by molar-refractivity contribution is 0.0921. The van der Waals surface area contributed by atoms with Gasteiger partial charge in [-0.1, -0.05) is 62.0 Å². The Morgan fingerprint density at radius 2 is 1.94 bits per heavy atom. The minimum atomic E-state index is -0.890. The van der Waals surface area contributed by atoms with E-state index in [1.54, 1.807) is 11.6 Å². The van der Waals surface area contributed by atoms with E-state index in [1.165, 1.54) is 16.3 Å². The van der Waals surface area contributed by atoms with Crippen LogP contribution >= 0.6 is 11.8 Å². The number of aryl methyl sites for hydroxylation is 1. The number of benzene rings is 2. The molecule has 0 aliphatic rings. The van der Waals surface area contributed by atoms with Gasteiger partial charge in [-0.2, -0.15) is 0 Å². The van der Waals surface area contributed by atoms with Gasteiger partial charge in [0.05, 0.1) is 6.54 Å². The fourth-order valence-corrected chi connectivity index (χ4v) is 4.47. The first-order chi connectivity index (χ1) is 15.4. The average Bonchev–Trinajstić information content (AvgIpc) is 3.14. The van der Waals surface area contributed by atoms with Crippen molar-refractivity contribution in [3.63, 3.8) is 0 Å². The lowest BCUT2D eigenvalue weighted by atomic mass is 10.1. The van der Waals surface area contributed by atoms with Gasteiger partial charge < -0.3 is 14.4 Å². The molecule has 0 saturated heterocycles. The van der Waals surface area contributed by atoms with Crippen molar-refractivity contribution in [2.45, 2.75) is 43.3 Å². The molecule has 0 spiro atoms. The topological polar surface area (TPSA) is 102 Å². The fourth-order valence-electron chi connectivity index (χ4n) is 3.51. The number of hydrogen-bond donors (Lipinski definition) is 2. The molecular formula is C23H26N4O4S. The molecule has 0 unspecified atom stereocenters. The molecule has 0 fully saturated rings. The van der Waals surface area contributed by atoms with Gasteiger partial charge in [0.15, 0.2) is 16.3 Å². The summed E-state index contributed by atoms with van der Waals surface area (Å²) in [6.07, 6.45) is 0.0231. The summed E-state index contributed by atoms with van der Waals surface area (Å²) in [5, 5.41) is 13.6. The summed E-state index contributed by atoms with van der Waals surface area (Å²) in [4.78, 5) is 31.5. The molecule has 4 rings (SSSR count). The average molecular weight is 455 g/mol. The Hall–Kier alpha value is -3.04. The van der Waals surface area contributed by atoms with E-state index in [0.29, 0.717) is 16.6 Å². The van der Waals surface area contributed by atoms with Crippen molar-refractivity contribution < 1.29 is 9.84 Å². The zero-order valence-corrected chi connectivity index (χ0v) is 19.1. The number of aromatic nitrogens is 4. The van der Waals surface area contributed by atoms with E-state index in [2.05, 4.69) is 23.8 Å². The summed E-state index contributed by atoms with van der Waals surface area (Å²) in [5.41, 5.74) is -0.477.